The van der Waals surface area contributed by atoms with E-state index in [-0.39, 0.29) is 5.60 Å². The van der Waals surface area contributed by atoms with Crippen LogP contribution in [0.25, 0.3) is 0 Å². The summed E-state index contributed by atoms with van der Waals surface area (Å²) in [5, 5.41) is 10.1. The van der Waals surface area contributed by atoms with Gasteiger partial charge in [0.25, 0.3) is 0 Å². The van der Waals surface area contributed by atoms with Crippen LogP contribution in [0.2, 0.25) is 0 Å². The third-order valence-electron chi connectivity index (χ3n) is 3.59. The molecule has 0 aromatic heterocycles. The summed E-state index contributed by atoms with van der Waals surface area (Å²) in [6, 6.07) is 0. The molecule has 2 aliphatic rings. The summed E-state index contributed by atoms with van der Waals surface area (Å²) >= 11 is 0. The van der Waals surface area contributed by atoms with Gasteiger partial charge in [-0.25, -0.2) is 0 Å². The third kappa shape index (κ3) is 2.29. The minimum atomic E-state index is -0.280. The Morgan fingerprint density at radius 3 is 2.50 bits per heavy atom. The standard InChI is InChI=1S/C12H23NO/c1-10(2)4-3-7-13-8-12(14,9-13)11-5-6-11/h10-11,14H,3-9H2,1-2H3. The molecule has 1 heterocycles. The highest BCUT2D eigenvalue weighted by atomic mass is 16.3. The topological polar surface area (TPSA) is 23.5 Å². The zero-order chi connectivity index (χ0) is 10.2. The molecule has 2 heteroatoms. The second-order valence-corrected chi connectivity index (χ2v) is 5.62. The first-order valence-corrected chi connectivity index (χ1v) is 6.05. The highest BCUT2D eigenvalue weighted by molar-refractivity contribution is 5.05. The number of likely N-dealkylation sites (tertiary alicyclic amines) is 1. The largest absolute Gasteiger partial charge is 0.387 e. The molecule has 0 amide bonds. The Labute approximate surface area is 87.3 Å². The summed E-state index contributed by atoms with van der Waals surface area (Å²) < 4.78 is 0. The average molecular weight is 197 g/mol. The van der Waals surface area contributed by atoms with Gasteiger partial charge in [-0.1, -0.05) is 13.8 Å². The van der Waals surface area contributed by atoms with Gasteiger partial charge < -0.3 is 5.11 Å². The summed E-state index contributed by atoms with van der Waals surface area (Å²) in [7, 11) is 0. The van der Waals surface area contributed by atoms with Crippen LogP contribution in [0.5, 0.6) is 0 Å². The molecule has 2 fully saturated rings. The van der Waals surface area contributed by atoms with E-state index in [1.54, 1.807) is 0 Å². The van der Waals surface area contributed by atoms with Gasteiger partial charge >= 0.3 is 0 Å². The summed E-state index contributed by atoms with van der Waals surface area (Å²) in [4.78, 5) is 2.40. The zero-order valence-electron chi connectivity index (χ0n) is 9.50. The van der Waals surface area contributed by atoms with Gasteiger partial charge in [0.05, 0.1) is 5.60 Å². The second kappa shape index (κ2) is 3.82. The molecule has 1 aliphatic carbocycles. The van der Waals surface area contributed by atoms with Crippen LogP contribution >= 0.6 is 0 Å². The van der Waals surface area contributed by atoms with Crippen LogP contribution in [-0.2, 0) is 0 Å². The molecular weight excluding hydrogens is 174 g/mol. The van der Waals surface area contributed by atoms with Crippen molar-refractivity contribution in [1.82, 2.24) is 4.90 Å². The molecule has 1 saturated carbocycles. The highest BCUT2D eigenvalue weighted by Gasteiger charge is 2.51. The van der Waals surface area contributed by atoms with Crippen molar-refractivity contribution < 1.29 is 5.11 Å². The van der Waals surface area contributed by atoms with E-state index in [0.717, 1.165) is 19.0 Å². The quantitative estimate of drug-likeness (QED) is 0.727. The SMILES string of the molecule is CC(C)CCCN1CC(O)(C2CC2)C1. The molecule has 2 rings (SSSR count). The molecule has 1 N–H and O–H groups in total. The van der Waals surface area contributed by atoms with Gasteiger partial charge in [0, 0.05) is 13.1 Å². The molecule has 14 heavy (non-hydrogen) atoms. The predicted octanol–water partition coefficient (Wildman–Crippen LogP) is 1.88. The molecule has 1 aliphatic heterocycles. The maximum Gasteiger partial charge on any atom is 0.0928 e. The first-order chi connectivity index (χ1) is 6.60. The minimum Gasteiger partial charge on any atom is -0.387 e. The Hall–Kier alpha value is -0.0800. The van der Waals surface area contributed by atoms with Crippen molar-refractivity contribution in [3.05, 3.63) is 0 Å². The molecule has 0 bridgehead atoms. The van der Waals surface area contributed by atoms with E-state index in [1.807, 2.05) is 0 Å². The Morgan fingerprint density at radius 2 is 2.00 bits per heavy atom. The second-order valence-electron chi connectivity index (χ2n) is 5.62. The first-order valence-electron chi connectivity index (χ1n) is 6.05. The molecule has 0 aromatic rings. The maximum atomic E-state index is 10.1. The molecule has 0 aromatic carbocycles. The van der Waals surface area contributed by atoms with E-state index >= 15 is 0 Å². The number of β-amino-alcohol motifs (C(OH)–C–C–N with tert-alkyl or cyclic N) is 1. The fourth-order valence-corrected chi connectivity index (χ4v) is 2.49. The average Bonchev–Trinajstić information content (AvgIpc) is 2.82. The van der Waals surface area contributed by atoms with Gasteiger partial charge in [-0.15, -0.1) is 0 Å². The lowest BCUT2D eigenvalue weighted by Crippen LogP contribution is -2.63. The molecule has 0 spiro atoms. The molecule has 1 saturated heterocycles. The molecule has 0 atom stereocenters. The fraction of sp³-hybridized carbons (Fsp3) is 1.00. The number of hydrogen-bond acceptors (Lipinski definition) is 2. The van der Waals surface area contributed by atoms with Gasteiger partial charge in [-0.05, 0) is 44.1 Å². The predicted molar refractivity (Wildman–Crippen MR) is 58.2 cm³/mol. The van der Waals surface area contributed by atoms with E-state index in [2.05, 4.69) is 18.7 Å². The van der Waals surface area contributed by atoms with Crippen LogP contribution in [0, 0.1) is 11.8 Å². The van der Waals surface area contributed by atoms with Gasteiger partial charge in [0.15, 0.2) is 0 Å². The van der Waals surface area contributed by atoms with Crippen LogP contribution in [-0.4, -0.2) is 35.2 Å². The van der Waals surface area contributed by atoms with Crippen LogP contribution in [0.3, 0.4) is 0 Å². The van der Waals surface area contributed by atoms with Crippen molar-refractivity contribution in [2.75, 3.05) is 19.6 Å². The summed E-state index contributed by atoms with van der Waals surface area (Å²) in [6.07, 6.45) is 5.13. The molecule has 2 nitrogen and oxygen atoms in total. The van der Waals surface area contributed by atoms with Crippen molar-refractivity contribution in [1.29, 1.82) is 0 Å². The van der Waals surface area contributed by atoms with Crippen LogP contribution in [0.4, 0.5) is 0 Å². The van der Waals surface area contributed by atoms with E-state index in [9.17, 15) is 5.11 Å². The van der Waals surface area contributed by atoms with Crippen molar-refractivity contribution >= 4 is 0 Å². The van der Waals surface area contributed by atoms with Crippen LogP contribution in [0.15, 0.2) is 0 Å². The number of nitrogens with zero attached hydrogens (tertiary/aromatic N) is 1. The normalized spacial score (nSPS) is 26.6. The lowest BCUT2D eigenvalue weighted by Gasteiger charge is -2.47. The Kier molecular flexibility index (Phi) is 2.85. The number of rotatable bonds is 5. The van der Waals surface area contributed by atoms with Gasteiger partial charge in [0.2, 0.25) is 0 Å². The van der Waals surface area contributed by atoms with Gasteiger partial charge in [-0.2, -0.15) is 0 Å². The highest BCUT2D eigenvalue weighted by Crippen LogP contribution is 2.44. The maximum absolute atomic E-state index is 10.1. The zero-order valence-corrected chi connectivity index (χ0v) is 9.50. The molecule has 0 unspecified atom stereocenters. The van der Waals surface area contributed by atoms with E-state index < -0.39 is 0 Å². The smallest absolute Gasteiger partial charge is 0.0928 e. The lowest BCUT2D eigenvalue weighted by atomic mass is 9.88. The van der Waals surface area contributed by atoms with Crippen LogP contribution < -0.4 is 0 Å². The molecule has 82 valence electrons. The van der Waals surface area contributed by atoms with Crippen molar-refractivity contribution in [2.24, 2.45) is 11.8 Å². The Balaban J connectivity index is 1.58. The van der Waals surface area contributed by atoms with Gasteiger partial charge in [0.1, 0.15) is 0 Å². The minimum absolute atomic E-state index is 0.280. The van der Waals surface area contributed by atoms with Crippen molar-refractivity contribution in [2.45, 2.75) is 45.1 Å². The lowest BCUT2D eigenvalue weighted by molar-refractivity contribution is -0.113. The van der Waals surface area contributed by atoms with E-state index in [0.29, 0.717) is 5.92 Å². The first kappa shape index (κ1) is 10.4. The summed E-state index contributed by atoms with van der Waals surface area (Å²) in [5.74, 6) is 1.46. The van der Waals surface area contributed by atoms with Crippen molar-refractivity contribution in [3.8, 4) is 0 Å². The van der Waals surface area contributed by atoms with E-state index in [4.69, 9.17) is 0 Å². The molecular formula is C12H23NO. The Morgan fingerprint density at radius 1 is 1.36 bits per heavy atom. The van der Waals surface area contributed by atoms with E-state index in [1.165, 1.54) is 32.2 Å². The third-order valence-corrected chi connectivity index (χ3v) is 3.59. The Bertz CT molecular complexity index is 192. The molecule has 0 radical (unpaired) electrons. The summed E-state index contributed by atoms with van der Waals surface area (Å²) in [6.45, 7) is 7.62. The summed E-state index contributed by atoms with van der Waals surface area (Å²) in [5.41, 5.74) is -0.280. The number of aliphatic hydroxyl groups is 1. The monoisotopic (exact) mass is 197 g/mol. The van der Waals surface area contributed by atoms with Crippen LogP contribution in [0.1, 0.15) is 39.5 Å². The number of hydrogen-bond donors (Lipinski definition) is 1. The fourth-order valence-electron chi connectivity index (χ4n) is 2.49. The van der Waals surface area contributed by atoms with Crippen molar-refractivity contribution in [3.63, 3.8) is 0 Å². The van der Waals surface area contributed by atoms with Gasteiger partial charge in [-0.3, -0.25) is 4.90 Å².